The molecule has 3 atom stereocenters. The van der Waals surface area contributed by atoms with Crippen LogP contribution in [0.3, 0.4) is 0 Å². The van der Waals surface area contributed by atoms with E-state index in [-0.39, 0.29) is 34.7 Å². The van der Waals surface area contributed by atoms with Crippen molar-refractivity contribution in [3.63, 3.8) is 0 Å². The van der Waals surface area contributed by atoms with Crippen LogP contribution in [0.5, 0.6) is 5.75 Å². The van der Waals surface area contributed by atoms with Crippen LogP contribution in [0.4, 0.5) is 5.69 Å². The van der Waals surface area contributed by atoms with E-state index in [0.29, 0.717) is 0 Å². The van der Waals surface area contributed by atoms with Crippen molar-refractivity contribution in [3.05, 3.63) is 71.5 Å². The number of aliphatic hydroxyl groups excluding tert-OH is 1. The van der Waals surface area contributed by atoms with E-state index in [4.69, 9.17) is 0 Å². The lowest BCUT2D eigenvalue weighted by Crippen LogP contribution is -2.40. The Kier molecular flexibility index (Phi) is 6.70. The molecular weight excluding hydrogens is 416 g/mol. The smallest absolute Gasteiger partial charge is 0.335 e. The van der Waals surface area contributed by atoms with Crippen LogP contribution in [0.15, 0.2) is 65.9 Å². The van der Waals surface area contributed by atoms with Gasteiger partial charge in [-0.05, 0) is 24.6 Å². The zero-order valence-electron chi connectivity index (χ0n) is 17.1. The normalized spacial score (nSPS) is 25.8. The molecule has 2 aliphatic rings. The number of rotatable bonds is 3. The fourth-order valence-corrected chi connectivity index (χ4v) is 3.30. The van der Waals surface area contributed by atoms with E-state index in [0.717, 1.165) is 18.2 Å². The molecule has 1 heterocycles. The Labute approximate surface area is 183 Å². The minimum atomic E-state index is -1.24. The van der Waals surface area contributed by atoms with Crippen LogP contribution in [0.1, 0.15) is 23.7 Å². The van der Waals surface area contributed by atoms with Gasteiger partial charge >= 0.3 is 5.97 Å². The van der Waals surface area contributed by atoms with E-state index in [1.807, 2.05) is 0 Å². The number of amides is 1. The zero-order chi connectivity index (χ0) is 23.4. The maximum absolute atomic E-state index is 13.1. The molecule has 166 valence electrons. The van der Waals surface area contributed by atoms with Gasteiger partial charge in [0, 0.05) is 23.4 Å². The van der Waals surface area contributed by atoms with E-state index in [1.54, 1.807) is 18.2 Å². The van der Waals surface area contributed by atoms with Crippen LogP contribution >= 0.6 is 0 Å². The van der Waals surface area contributed by atoms with Crippen LogP contribution in [-0.4, -0.2) is 50.9 Å². The van der Waals surface area contributed by atoms with Crippen molar-refractivity contribution in [1.29, 1.82) is 0 Å². The van der Waals surface area contributed by atoms with Crippen LogP contribution in [0.25, 0.3) is 0 Å². The molecule has 32 heavy (non-hydrogen) atoms. The lowest BCUT2D eigenvalue weighted by Gasteiger charge is -2.24. The van der Waals surface area contributed by atoms with E-state index < -0.39 is 41.5 Å². The minimum Gasteiger partial charge on any atom is -0.508 e. The molecule has 1 aliphatic heterocycles. The number of carboxylic acid groups (broad SMARTS) is 1. The van der Waals surface area contributed by atoms with Gasteiger partial charge in [0.25, 0.3) is 0 Å². The number of carbonyl (C=O) groups is 4. The number of hydrogen-bond acceptors (Lipinski definition) is 7. The van der Waals surface area contributed by atoms with Gasteiger partial charge in [-0.15, -0.1) is 0 Å². The van der Waals surface area contributed by atoms with Crippen molar-refractivity contribution in [2.45, 2.75) is 25.5 Å². The average molecular weight is 438 g/mol. The number of anilines is 1. The van der Waals surface area contributed by atoms with Crippen molar-refractivity contribution in [2.75, 3.05) is 5.32 Å². The molecule has 0 saturated carbocycles. The molecular formula is C23H22N2O7. The van der Waals surface area contributed by atoms with Crippen LogP contribution in [-0.2, 0) is 14.4 Å². The third-order valence-electron chi connectivity index (χ3n) is 5.08. The Morgan fingerprint density at radius 2 is 1.88 bits per heavy atom. The number of phenols is 1. The van der Waals surface area contributed by atoms with Crippen LogP contribution < -0.4 is 10.6 Å². The van der Waals surface area contributed by atoms with Gasteiger partial charge in [0.2, 0.25) is 11.7 Å². The van der Waals surface area contributed by atoms with E-state index in [1.165, 1.54) is 25.1 Å². The molecule has 3 rings (SSSR count). The van der Waals surface area contributed by atoms with Gasteiger partial charge in [0.05, 0.1) is 29.3 Å². The second-order valence-corrected chi connectivity index (χ2v) is 7.48. The van der Waals surface area contributed by atoms with Crippen molar-refractivity contribution < 1.29 is 34.5 Å². The summed E-state index contributed by atoms with van der Waals surface area (Å²) in [5.74, 6) is -4.11. The monoisotopic (exact) mass is 438 g/mol. The number of hydrogen-bond donors (Lipinski definition) is 5. The Morgan fingerprint density at radius 1 is 1.12 bits per heavy atom. The second-order valence-electron chi connectivity index (χ2n) is 7.48. The Hall–Kier alpha value is -3.98. The molecule has 0 spiro atoms. The Balaban J connectivity index is 2.00. The van der Waals surface area contributed by atoms with Gasteiger partial charge in [0.15, 0.2) is 5.78 Å². The number of aliphatic hydroxyl groups is 1. The molecule has 0 unspecified atom stereocenters. The lowest BCUT2D eigenvalue weighted by atomic mass is 9.91. The first-order valence-corrected chi connectivity index (χ1v) is 9.84. The molecule has 0 saturated heterocycles. The molecule has 9 heteroatoms. The topological polar surface area (TPSA) is 153 Å². The zero-order valence-corrected chi connectivity index (χ0v) is 17.1. The SMILES string of the molecule is C[C@H]1C(=O)NC2=CC(=O)C=C(C2=O)[C@@H](Nc2cc(O)cc(C(=O)O)c2)C/C=C\C=C/[C@H]1O. The number of carbonyl (C=O) groups excluding carboxylic acids is 3. The number of benzene rings is 1. The van der Waals surface area contributed by atoms with Crippen LogP contribution in [0.2, 0.25) is 0 Å². The second kappa shape index (κ2) is 9.44. The van der Waals surface area contributed by atoms with Gasteiger partial charge in [-0.1, -0.05) is 31.2 Å². The third-order valence-corrected chi connectivity index (χ3v) is 5.08. The number of allylic oxidation sites excluding steroid dienone is 5. The van der Waals surface area contributed by atoms with Gasteiger partial charge in [-0.3, -0.25) is 14.4 Å². The minimum absolute atomic E-state index is 0.0640. The number of carboxylic acids is 1. The quantitative estimate of drug-likeness (QED) is 0.445. The largest absolute Gasteiger partial charge is 0.508 e. The molecule has 0 aromatic heterocycles. The molecule has 1 amide bonds. The fraction of sp³-hybridized carbons (Fsp3) is 0.217. The highest BCUT2D eigenvalue weighted by Gasteiger charge is 2.30. The molecule has 1 aromatic rings. The number of aromatic carboxylic acids is 1. The van der Waals surface area contributed by atoms with Crippen molar-refractivity contribution in [1.82, 2.24) is 5.32 Å². The molecule has 1 aliphatic carbocycles. The average Bonchev–Trinajstić information content (AvgIpc) is 2.73. The number of phenolic OH excluding ortho intramolecular Hbond substituents is 1. The summed E-state index contributed by atoms with van der Waals surface area (Å²) in [6, 6.07) is 2.89. The first-order valence-electron chi connectivity index (χ1n) is 9.84. The van der Waals surface area contributed by atoms with E-state index in [9.17, 15) is 34.5 Å². The van der Waals surface area contributed by atoms with Crippen LogP contribution in [0, 0.1) is 5.92 Å². The van der Waals surface area contributed by atoms with E-state index in [2.05, 4.69) is 10.6 Å². The first-order chi connectivity index (χ1) is 15.2. The molecule has 9 nitrogen and oxygen atoms in total. The standard InChI is InChI=1S/C23H22N2O7/c1-12-20(28)6-4-2-3-5-18(24-14-7-13(23(31)32)8-15(26)9-14)17-10-16(27)11-19(21(17)29)25-22(12)30/h2-4,6-12,18,20,24,26,28H,5H2,1H3,(H,25,30)(H,31,32)/b3-2-,6-4-/t12-,18+,20-/m1/s1. The summed E-state index contributed by atoms with van der Waals surface area (Å²) in [7, 11) is 0. The molecule has 2 bridgehead atoms. The summed E-state index contributed by atoms with van der Waals surface area (Å²) < 4.78 is 0. The first kappa shape index (κ1) is 22.7. The fourth-order valence-electron chi connectivity index (χ4n) is 3.30. The number of ketones is 2. The summed E-state index contributed by atoms with van der Waals surface area (Å²) in [5.41, 5.74) is -0.0794. The molecule has 1 aromatic carbocycles. The summed E-state index contributed by atoms with van der Waals surface area (Å²) >= 11 is 0. The maximum atomic E-state index is 13.1. The number of aromatic hydroxyl groups is 1. The highest BCUT2D eigenvalue weighted by atomic mass is 16.4. The van der Waals surface area contributed by atoms with Crippen molar-refractivity contribution >= 4 is 29.1 Å². The summed E-state index contributed by atoms with van der Waals surface area (Å²) in [6.45, 7) is 1.49. The molecule has 5 N–H and O–H groups in total. The lowest BCUT2D eigenvalue weighted by molar-refractivity contribution is -0.127. The predicted octanol–water partition coefficient (Wildman–Crippen LogP) is 1.46. The van der Waals surface area contributed by atoms with E-state index >= 15 is 0 Å². The predicted molar refractivity (Wildman–Crippen MR) is 115 cm³/mol. The number of fused-ring (bicyclic) bond motifs is 2. The number of nitrogens with one attached hydrogen (secondary N) is 2. The van der Waals surface area contributed by atoms with Crippen molar-refractivity contribution in [2.24, 2.45) is 5.92 Å². The van der Waals surface area contributed by atoms with Gasteiger partial charge in [-0.25, -0.2) is 4.79 Å². The van der Waals surface area contributed by atoms with Gasteiger partial charge < -0.3 is 26.0 Å². The summed E-state index contributed by atoms with van der Waals surface area (Å²) in [5, 5.41) is 34.6. The van der Waals surface area contributed by atoms with Gasteiger partial charge in [0.1, 0.15) is 5.75 Å². The molecule has 0 fully saturated rings. The van der Waals surface area contributed by atoms with Gasteiger partial charge in [-0.2, -0.15) is 0 Å². The highest BCUT2D eigenvalue weighted by molar-refractivity contribution is 6.21. The molecule has 0 radical (unpaired) electrons. The summed E-state index contributed by atoms with van der Waals surface area (Å²) in [4.78, 5) is 49.1. The Bertz CT molecular complexity index is 1100. The summed E-state index contributed by atoms with van der Waals surface area (Å²) in [6.07, 6.45) is 7.59. The Morgan fingerprint density at radius 3 is 2.59 bits per heavy atom. The third kappa shape index (κ3) is 5.19. The number of Topliss-reactive ketones (excluding diaryl/α,β-unsaturated/α-hetero) is 1. The maximum Gasteiger partial charge on any atom is 0.335 e. The van der Waals surface area contributed by atoms with Crippen molar-refractivity contribution in [3.8, 4) is 5.75 Å². The highest BCUT2D eigenvalue weighted by Crippen LogP contribution is 2.25.